The molecule has 0 aliphatic heterocycles. The van der Waals surface area contributed by atoms with Crippen molar-refractivity contribution >= 4 is 33.9 Å². The van der Waals surface area contributed by atoms with Gasteiger partial charge >= 0.3 is 5.97 Å². The molecule has 0 aliphatic rings. The van der Waals surface area contributed by atoms with Gasteiger partial charge in [-0.3, -0.25) is 4.79 Å². The molecule has 0 fully saturated rings. The summed E-state index contributed by atoms with van der Waals surface area (Å²) in [6.07, 6.45) is 1.38. The minimum absolute atomic E-state index is 0.172. The molecule has 0 atom stereocenters. The van der Waals surface area contributed by atoms with Crippen LogP contribution >= 0.6 is 11.3 Å². The fourth-order valence-electron chi connectivity index (χ4n) is 1.31. The largest absolute Gasteiger partial charge is 0.480 e. The van der Waals surface area contributed by atoms with Gasteiger partial charge in [-0.2, -0.15) is 0 Å². The first-order chi connectivity index (χ1) is 8.65. The van der Waals surface area contributed by atoms with Gasteiger partial charge in [0.2, 0.25) is 0 Å². The number of carboxylic acids is 1. The molecule has 0 saturated carbocycles. The Balaban J connectivity index is 2.07. The van der Waals surface area contributed by atoms with Gasteiger partial charge in [0.15, 0.2) is 0 Å². The first-order valence-corrected chi connectivity index (χ1v) is 6.12. The van der Waals surface area contributed by atoms with Crippen LogP contribution in [-0.2, 0) is 4.79 Å². The predicted molar refractivity (Wildman–Crippen MR) is 70.5 cm³/mol. The maximum absolute atomic E-state index is 10.4. The Hall–Kier alpha value is -2.15. The van der Waals surface area contributed by atoms with Gasteiger partial charge in [-0.1, -0.05) is 0 Å². The Morgan fingerprint density at radius 3 is 2.89 bits per heavy atom. The number of anilines is 3. The van der Waals surface area contributed by atoms with E-state index in [2.05, 4.69) is 20.6 Å². The maximum atomic E-state index is 10.4. The van der Waals surface area contributed by atoms with E-state index in [9.17, 15) is 4.79 Å². The quantitative estimate of drug-likeness (QED) is 0.766. The second kappa shape index (κ2) is 5.46. The average Bonchev–Trinajstić information content (AvgIpc) is 2.73. The molecule has 3 N–H and O–H groups in total. The van der Waals surface area contributed by atoms with Crippen molar-refractivity contribution in [2.24, 2.45) is 0 Å². The van der Waals surface area contributed by atoms with Gasteiger partial charge < -0.3 is 15.7 Å². The molecule has 2 aromatic heterocycles. The third-order valence-electron chi connectivity index (χ3n) is 2.19. The van der Waals surface area contributed by atoms with Crippen LogP contribution in [0.1, 0.15) is 5.56 Å². The van der Waals surface area contributed by atoms with Crippen LogP contribution in [0.5, 0.6) is 0 Å². The lowest BCUT2D eigenvalue weighted by Gasteiger charge is -2.06. The second-order valence-electron chi connectivity index (χ2n) is 3.59. The maximum Gasteiger partial charge on any atom is 0.322 e. The molecule has 2 heterocycles. The highest BCUT2D eigenvalue weighted by atomic mass is 32.1. The van der Waals surface area contributed by atoms with Gasteiger partial charge in [-0.05, 0) is 23.9 Å². The Morgan fingerprint density at radius 2 is 2.22 bits per heavy atom. The number of carbonyl (C=O) groups is 1. The number of carboxylic acid groups (broad SMARTS) is 1. The summed E-state index contributed by atoms with van der Waals surface area (Å²) in [6.45, 7) is 1.83. The van der Waals surface area contributed by atoms with Crippen molar-refractivity contribution in [3.05, 3.63) is 29.4 Å². The van der Waals surface area contributed by atoms with Crippen molar-refractivity contribution in [2.45, 2.75) is 6.92 Å². The number of aryl methyl sites for hydroxylation is 1. The molecule has 0 aromatic carbocycles. The van der Waals surface area contributed by atoms with E-state index in [4.69, 9.17) is 5.11 Å². The third kappa shape index (κ3) is 3.17. The van der Waals surface area contributed by atoms with Crippen LogP contribution < -0.4 is 10.6 Å². The Bertz CT molecular complexity index is 555. The van der Waals surface area contributed by atoms with Crippen molar-refractivity contribution < 1.29 is 9.90 Å². The highest BCUT2D eigenvalue weighted by Crippen LogP contribution is 2.25. The van der Waals surface area contributed by atoms with Crippen LogP contribution in [0.25, 0.3) is 0 Å². The summed E-state index contributed by atoms with van der Waals surface area (Å²) in [4.78, 5) is 18.5. The number of nitrogens with one attached hydrogen (secondary N) is 2. The molecular formula is C11H12N4O2S. The normalized spacial score (nSPS) is 10.1. The third-order valence-corrected chi connectivity index (χ3v) is 3.12. The van der Waals surface area contributed by atoms with Crippen molar-refractivity contribution in [3.63, 3.8) is 0 Å². The minimum Gasteiger partial charge on any atom is -0.480 e. The van der Waals surface area contributed by atoms with Crippen LogP contribution in [0.15, 0.2) is 23.8 Å². The fraction of sp³-hybridized carbons (Fsp3) is 0.182. The van der Waals surface area contributed by atoms with Crippen LogP contribution in [0.2, 0.25) is 0 Å². The Morgan fingerprint density at radius 1 is 1.44 bits per heavy atom. The average molecular weight is 264 g/mol. The zero-order valence-corrected chi connectivity index (χ0v) is 10.5. The standard InChI is InChI=1S/C11H12N4O2S/c1-7-2-3-18-11(7)15-9-4-8(13-6-14-9)12-5-10(16)17/h2-4,6H,5H2,1H3,(H,16,17)(H2,12,13,14,15). The monoisotopic (exact) mass is 264 g/mol. The van der Waals surface area contributed by atoms with Gasteiger partial charge in [0.25, 0.3) is 0 Å². The number of hydrogen-bond acceptors (Lipinski definition) is 6. The van der Waals surface area contributed by atoms with Gasteiger partial charge in [-0.25, -0.2) is 9.97 Å². The molecule has 7 heteroatoms. The summed E-state index contributed by atoms with van der Waals surface area (Å²) >= 11 is 1.58. The summed E-state index contributed by atoms with van der Waals surface area (Å²) < 4.78 is 0. The molecule has 0 saturated heterocycles. The number of nitrogens with zero attached hydrogens (tertiary/aromatic N) is 2. The van der Waals surface area contributed by atoms with Gasteiger partial charge in [0.1, 0.15) is 24.5 Å². The number of aliphatic carboxylic acids is 1. The molecule has 18 heavy (non-hydrogen) atoms. The number of aromatic nitrogens is 2. The molecule has 0 unspecified atom stereocenters. The molecule has 2 rings (SSSR count). The molecule has 94 valence electrons. The molecule has 0 amide bonds. The summed E-state index contributed by atoms with van der Waals surface area (Å²) in [5.41, 5.74) is 1.14. The molecule has 0 spiro atoms. The predicted octanol–water partition coefficient (Wildman–Crippen LogP) is 2.09. The van der Waals surface area contributed by atoms with E-state index in [-0.39, 0.29) is 6.54 Å². The van der Waals surface area contributed by atoms with Crippen LogP contribution in [-0.4, -0.2) is 27.6 Å². The number of hydrogen-bond donors (Lipinski definition) is 3. The van der Waals surface area contributed by atoms with E-state index < -0.39 is 5.97 Å². The van der Waals surface area contributed by atoms with E-state index >= 15 is 0 Å². The van der Waals surface area contributed by atoms with Crippen molar-refractivity contribution in [1.29, 1.82) is 0 Å². The van der Waals surface area contributed by atoms with Crippen LogP contribution in [0.4, 0.5) is 16.6 Å². The van der Waals surface area contributed by atoms with Crippen molar-refractivity contribution in [1.82, 2.24) is 9.97 Å². The second-order valence-corrected chi connectivity index (χ2v) is 4.51. The number of rotatable bonds is 5. The first kappa shape index (κ1) is 12.3. The minimum atomic E-state index is -0.933. The lowest BCUT2D eigenvalue weighted by atomic mass is 10.3. The lowest BCUT2D eigenvalue weighted by molar-refractivity contribution is -0.134. The molecule has 0 radical (unpaired) electrons. The van der Waals surface area contributed by atoms with Crippen LogP contribution in [0.3, 0.4) is 0 Å². The lowest BCUT2D eigenvalue weighted by Crippen LogP contribution is -2.13. The summed E-state index contributed by atoms with van der Waals surface area (Å²) in [5, 5.41) is 17.4. The molecular weight excluding hydrogens is 252 g/mol. The SMILES string of the molecule is Cc1ccsc1Nc1cc(NCC(=O)O)ncn1. The smallest absolute Gasteiger partial charge is 0.322 e. The van der Waals surface area contributed by atoms with Crippen molar-refractivity contribution in [3.8, 4) is 0 Å². The van der Waals surface area contributed by atoms with Gasteiger partial charge in [0, 0.05) is 6.07 Å². The van der Waals surface area contributed by atoms with Gasteiger partial charge in [-0.15, -0.1) is 11.3 Å². The topological polar surface area (TPSA) is 87.1 Å². The molecule has 0 aliphatic carbocycles. The molecule has 0 bridgehead atoms. The van der Waals surface area contributed by atoms with E-state index in [0.717, 1.165) is 10.6 Å². The first-order valence-electron chi connectivity index (χ1n) is 5.24. The van der Waals surface area contributed by atoms with E-state index in [1.54, 1.807) is 17.4 Å². The highest BCUT2D eigenvalue weighted by Gasteiger charge is 2.03. The molecule has 2 aromatic rings. The summed E-state index contributed by atoms with van der Waals surface area (Å²) in [6, 6.07) is 3.68. The zero-order chi connectivity index (χ0) is 13.0. The highest BCUT2D eigenvalue weighted by molar-refractivity contribution is 7.14. The zero-order valence-electron chi connectivity index (χ0n) is 9.67. The van der Waals surface area contributed by atoms with Gasteiger partial charge in [0.05, 0.1) is 5.00 Å². The molecule has 6 nitrogen and oxygen atoms in total. The summed E-state index contributed by atoms with van der Waals surface area (Å²) in [5.74, 6) is 0.171. The van der Waals surface area contributed by atoms with E-state index in [0.29, 0.717) is 11.6 Å². The van der Waals surface area contributed by atoms with Crippen molar-refractivity contribution in [2.75, 3.05) is 17.2 Å². The van der Waals surface area contributed by atoms with E-state index in [1.165, 1.54) is 6.33 Å². The summed E-state index contributed by atoms with van der Waals surface area (Å²) in [7, 11) is 0. The van der Waals surface area contributed by atoms with Crippen LogP contribution in [0, 0.1) is 6.92 Å². The number of thiophene rings is 1. The Kier molecular flexibility index (Phi) is 3.73. The fourth-order valence-corrected chi connectivity index (χ4v) is 2.13. The Labute approximate surface area is 108 Å². The van der Waals surface area contributed by atoms with E-state index in [1.807, 2.05) is 18.4 Å².